The van der Waals surface area contributed by atoms with Crippen LogP contribution in [0, 0.1) is 5.82 Å². The average Bonchev–Trinajstić information content (AvgIpc) is 2.67. The summed E-state index contributed by atoms with van der Waals surface area (Å²) in [4.78, 5) is 2.65. The maximum Gasteiger partial charge on any atom is 0.123 e. The molecule has 0 spiro atoms. The third-order valence-corrected chi connectivity index (χ3v) is 3.62. The van der Waals surface area contributed by atoms with E-state index in [0.29, 0.717) is 11.6 Å². The van der Waals surface area contributed by atoms with Gasteiger partial charge in [0, 0.05) is 18.2 Å². The van der Waals surface area contributed by atoms with Gasteiger partial charge in [-0.25, -0.2) is 4.39 Å². The minimum Gasteiger partial charge on any atom is -0.389 e. The van der Waals surface area contributed by atoms with Crippen molar-refractivity contribution in [3.8, 4) is 0 Å². The Kier molecular flexibility index (Phi) is 3.74. The van der Waals surface area contributed by atoms with E-state index in [4.69, 9.17) is 18.0 Å². The molecule has 2 rings (SSSR count). The van der Waals surface area contributed by atoms with Gasteiger partial charge in [0.1, 0.15) is 10.8 Å². The summed E-state index contributed by atoms with van der Waals surface area (Å²) in [5.41, 5.74) is 7.33. The predicted molar refractivity (Wildman–Crippen MR) is 71.4 cm³/mol. The highest BCUT2D eigenvalue weighted by Gasteiger charge is 2.21. The average molecular weight is 252 g/mol. The van der Waals surface area contributed by atoms with E-state index in [1.165, 1.54) is 25.0 Å². The van der Waals surface area contributed by atoms with Gasteiger partial charge in [-0.05, 0) is 44.0 Å². The molecule has 1 saturated heterocycles. The van der Waals surface area contributed by atoms with E-state index in [0.717, 1.165) is 18.7 Å². The quantitative estimate of drug-likeness (QED) is 0.838. The molecule has 0 radical (unpaired) electrons. The Morgan fingerprint density at radius 1 is 1.59 bits per heavy atom. The van der Waals surface area contributed by atoms with Gasteiger partial charge in [-0.1, -0.05) is 18.3 Å². The SMILES string of the molecule is CC1CCCN1Cc1ccc(F)cc1C(N)=S. The zero-order chi connectivity index (χ0) is 12.4. The molecule has 0 aromatic heterocycles. The van der Waals surface area contributed by atoms with E-state index >= 15 is 0 Å². The third kappa shape index (κ3) is 2.82. The maximum absolute atomic E-state index is 13.2. The fourth-order valence-corrected chi connectivity index (χ4v) is 2.55. The van der Waals surface area contributed by atoms with E-state index in [1.807, 2.05) is 0 Å². The summed E-state index contributed by atoms with van der Waals surface area (Å²) in [5, 5.41) is 0. The minimum atomic E-state index is -0.286. The second-order valence-corrected chi connectivity index (χ2v) is 5.07. The van der Waals surface area contributed by atoms with Gasteiger partial charge < -0.3 is 5.73 Å². The lowest BCUT2D eigenvalue weighted by Gasteiger charge is -2.22. The van der Waals surface area contributed by atoms with Crippen molar-refractivity contribution in [3.63, 3.8) is 0 Å². The van der Waals surface area contributed by atoms with Crippen molar-refractivity contribution in [2.24, 2.45) is 5.73 Å². The second-order valence-electron chi connectivity index (χ2n) is 4.63. The first-order valence-electron chi connectivity index (χ1n) is 5.90. The van der Waals surface area contributed by atoms with Crippen molar-refractivity contribution in [2.75, 3.05) is 6.54 Å². The fourth-order valence-electron chi connectivity index (χ4n) is 2.36. The van der Waals surface area contributed by atoms with Crippen molar-refractivity contribution >= 4 is 17.2 Å². The summed E-state index contributed by atoms with van der Waals surface area (Å²) < 4.78 is 13.2. The molecule has 4 heteroatoms. The Morgan fingerprint density at radius 2 is 2.35 bits per heavy atom. The first-order chi connectivity index (χ1) is 8.08. The molecule has 1 aliphatic rings. The van der Waals surface area contributed by atoms with Crippen LogP contribution in [-0.2, 0) is 6.54 Å². The summed E-state index contributed by atoms with van der Waals surface area (Å²) in [7, 11) is 0. The molecular formula is C13H17FN2S. The molecule has 1 fully saturated rings. The van der Waals surface area contributed by atoms with Crippen molar-refractivity contribution in [1.82, 2.24) is 4.90 Å². The topological polar surface area (TPSA) is 29.3 Å². The van der Waals surface area contributed by atoms with Crippen LogP contribution in [0.4, 0.5) is 4.39 Å². The van der Waals surface area contributed by atoms with Gasteiger partial charge in [-0.2, -0.15) is 0 Å². The predicted octanol–water partition coefficient (Wildman–Crippen LogP) is 2.44. The Hall–Kier alpha value is -1.00. The molecule has 2 N–H and O–H groups in total. The van der Waals surface area contributed by atoms with Crippen molar-refractivity contribution in [2.45, 2.75) is 32.4 Å². The number of benzene rings is 1. The van der Waals surface area contributed by atoms with Gasteiger partial charge in [0.2, 0.25) is 0 Å². The van der Waals surface area contributed by atoms with E-state index in [9.17, 15) is 4.39 Å². The van der Waals surface area contributed by atoms with Crippen molar-refractivity contribution < 1.29 is 4.39 Å². The number of hydrogen-bond donors (Lipinski definition) is 1. The molecule has 17 heavy (non-hydrogen) atoms. The van der Waals surface area contributed by atoms with E-state index in [1.54, 1.807) is 6.07 Å². The first kappa shape index (κ1) is 12.5. The molecular weight excluding hydrogens is 235 g/mol. The number of hydrogen-bond acceptors (Lipinski definition) is 2. The van der Waals surface area contributed by atoms with Crippen molar-refractivity contribution in [1.29, 1.82) is 0 Å². The van der Waals surface area contributed by atoms with Crippen LogP contribution in [-0.4, -0.2) is 22.5 Å². The lowest BCUT2D eigenvalue weighted by molar-refractivity contribution is 0.260. The Bertz CT molecular complexity index is 433. The van der Waals surface area contributed by atoms with E-state index in [2.05, 4.69) is 11.8 Å². The fraction of sp³-hybridized carbons (Fsp3) is 0.462. The molecule has 1 atom stereocenters. The minimum absolute atomic E-state index is 0.270. The lowest BCUT2D eigenvalue weighted by atomic mass is 10.1. The second kappa shape index (κ2) is 5.10. The van der Waals surface area contributed by atoms with Crippen LogP contribution in [0.15, 0.2) is 18.2 Å². The molecule has 92 valence electrons. The Balaban J connectivity index is 2.22. The van der Waals surface area contributed by atoms with Gasteiger partial charge in [0.05, 0.1) is 0 Å². The molecule has 2 nitrogen and oxygen atoms in total. The van der Waals surface area contributed by atoms with E-state index in [-0.39, 0.29) is 10.8 Å². The van der Waals surface area contributed by atoms with Gasteiger partial charge in [0.25, 0.3) is 0 Å². The van der Waals surface area contributed by atoms with Crippen LogP contribution in [0.5, 0.6) is 0 Å². The Labute approximate surface area is 107 Å². The third-order valence-electron chi connectivity index (χ3n) is 3.40. The normalized spacial score (nSPS) is 20.7. The lowest BCUT2D eigenvalue weighted by Crippen LogP contribution is -2.27. The molecule has 0 bridgehead atoms. The molecule has 1 aromatic carbocycles. The molecule has 1 aromatic rings. The zero-order valence-corrected chi connectivity index (χ0v) is 10.8. The Morgan fingerprint density at radius 3 is 2.94 bits per heavy atom. The van der Waals surface area contributed by atoms with Crippen LogP contribution in [0.1, 0.15) is 30.9 Å². The summed E-state index contributed by atoms with van der Waals surface area (Å²) in [6.45, 7) is 4.11. The number of nitrogens with two attached hydrogens (primary N) is 1. The molecule has 0 amide bonds. The molecule has 1 heterocycles. The number of halogens is 1. The maximum atomic E-state index is 13.2. The molecule has 0 saturated carbocycles. The zero-order valence-electron chi connectivity index (χ0n) is 9.95. The van der Waals surface area contributed by atoms with Gasteiger partial charge in [0.15, 0.2) is 0 Å². The van der Waals surface area contributed by atoms with Crippen LogP contribution in [0.2, 0.25) is 0 Å². The molecule has 1 unspecified atom stereocenters. The summed E-state index contributed by atoms with van der Waals surface area (Å²) in [6.07, 6.45) is 2.45. The van der Waals surface area contributed by atoms with Crippen LogP contribution >= 0.6 is 12.2 Å². The summed E-state index contributed by atoms with van der Waals surface area (Å²) in [5.74, 6) is -0.286. The number of likely N-dealkylation sites (tertiary alicyclic amines) is 1. The largest absolute Gasteiger partial charge is 0.389 e. The molecule has 0 aliphatic carbocycles. The smallest absolute Gasteiger partial charge is 0.123 e. The number of thiocarbonyl (C=S) groups is 1. The van der Waals surface area contributed by atoms with Crippen LogP contribution in [0.25, 0.3) is 0 Å². The summed E-state index contributed by atoms with van der Waals surface area (Å²) in [6, 6.07) is 5.27. The number of rotatable bonds is 3. The van der Waals surface area contributed by atoms with Gasteiger partial charge >= 0.3 is 0 Å². The van der Waals surface area contributed by atoms with Gasteiger partial charge in [-0.15, -0.1) is 0 Å². The highest BCUT2D eigenvalue weighted by molar-refractivity contribution is 7.80. The number of nitrogens with zero attached hydrogens (tertiary/aromatic N) is 1. The van der Waals surface area contributed by atoms with E-state index < -0.39 is 0 Å². The summed E-state index contributed by atoms with van der Waals surface area (Å²) >= 11 is 4.97. The highest BCUT2D eigenvalue weighted by atomic mass is 32.1. The van der Waals surface area contributed by atoms with Gasteiger partial charge in [-0.3, -0.25) is 4.90 Å². The van der Waals surface area contributed by atoms with Crippen LogP contribution in [0.3, 0.4) is 0 Å². The van der Waals surface area contributed by atoms with Crippen LogP contribution < -0.4 is 5.73 Å². The standard InChI is InChI=1S/C13H17FN2S/c1-9-3-2-6-16(9)8-10-4-5-11(14)7-12(10)13(15)17/h4-5,7,9H,2-3,6,8H2,1H3,(H2,15,17). The molecule has 1 aliphatic heterocycles. The monoisotopic (exact) mass is 252 g/mol. The highest BCUT2D eigenvalue weighted by Crippen LogP contribution is 2.21. The van der Waals surface area contributed by atoms with Crippen molar-refractivity contribution in [3.05, 3.63) is 35.1 Å². The first-order valence-corrected chi connectivity index (χ1v) is 6.31.